The third-order valence-corrected chi connectivity index (χ3v) is 2.60. The average Bonchev–Trinajstić information content (AvgIpc) is 2.31. The van der Waals surface area contributed by atoms with Crippen molar-refractivity contribution in [2.24, 2.45) is 5.11 Å². The lowest BCUT2D eigenvalue weighted by atomic mass is 9.91. The number of carbonyl (C=O) groups excluding carboxylic acids is 1. The van der Waals surface area contributed by atoms with Crippen LogP contribution in [0.15, 0.2) is 5.11 Å². The van der Waals surface area contributed by atoms with Crippen molar-refractivity contribution in [3.05, 3.63) is 10.4 Å². The van der Waals surface area contributed by atoms with Crippen LogP contribution in [-0.2, 0) is 9.53 Å². The third kappa shape index (κ3) is 2.38. The number of azide groups is 1. The molecule has 10 heteroatoms. The van der Waals surface area contributed by atoms with Gasteiger partial charge >= 0.3 is 0 Å². The molecule has 1 unspecified atom stereocenters. The molecule has 0 saturated carbocycles. The minimum absolute atomic E-state index is 0.665. The molecule has 5 N–H and O–H groups in total. The monoisotopic (exact) mass is 262 g/mol. The van der Waals surface area contributed by atoms with Crippen LogP contribution >= 0.6 is 0 Å². The minimum Gasteiger partial charge on any atom is -0.394 e. The molecule has 0 spiro atoms. The van der Waals surface area contributed by atoms with E-state index in [1.165, 1.54) is 0 Å². The van der Waals surface area contributed by atoms with Gasteiger partial charge < -0.3 is 30.5 Å². The van der Waals surface area contributed by atoms with Gasteiger partial charge in [0.05, 0.1) is 6.61 Å². The van der Waals surface area contributed by atoms with Crippen LogP contribution in [0.1, 0.15) is 6.92 Å². The molecule has 1 heterocycles. The molecule has 102 valence electrons. The summed E-state index contributed by atoms with van der Waals surface area (Å²) < 4.78 is 4.80. The quantitative estimate of drug-likeness (QED) is 0.215. The first-order valence-corrected chi connectivity index (χ1v) is 5.04. The van der Waals surface area contributed by atoms with Crippen molar-refractivity contribution in [1.29, 1.82) is 0 Å². The molecule has 1 saturated heterocycles. The highest BCUT2D eigenvalue weighted by molar-refractivity contribution is 5.74. The van der Waals surface area contributed by atoms with Gasteiger partial charge in [-0.3, -0.25) is 4.79 Å². The number of rotatable bonds is 3. The normalized spacial score (nSPS) is 39.8. The molecule has 0 bridgehead atoms. The number of aliphatic hydroxyl groups is 4. The summed E-state index contributed by atoms with van der Waals surface area (Å²) in [6.07, 6.45) is -6.65. The van der Waals surface area contributed by atoms with E-state index in [0.717, 1.165) is 6.92 Å². The van der Waals surface area contributed by atoms with Gasteiger partial charge in [-0.25, -0.2) is 0 Å². The molecule has 5 atom stereocenters. The number of hydrogen-bond donors (Lipinski definition) is 5. The first-order valence-electron chi connectivity index (χ1n) is 5.04. The maximum absolute atomic E-state index is 11.0. The Bertz CT molecular complexity index is 373. The van der Waals surface area contributed by atoms with Crippen molar-refractivity contribution in [3.63, 3.8) is 0 Å². The standard InChI is InChI=1S/C8H14N4O6/c1-3(14)10-8(11-12-9)6(16)5(15)4(2-13)18-7(8)17/h4-7,13,15-17H,2H2,1H3,(H,10,14)/t4-,5+,6+,7?,8-/m1/s1. The second-order valence-electron chi connectivity index (χ2n) is 3.84. The average molecular weight is 262 g/mol. The first kappa shape index (κ1) is 14.6. The molecule has 1 fully saturated rings. The minimum atomic E-state index is -2.24. The molecule has 0 aromatic rings. The highest BCUT2D eigenvalue weighted by Crippen LogP contribution is 2.30. The summed E-state index contributed by atoms with van der Waals surface area (Å²) in [5, 5.41) is 43.3. The number of hydrogen-bond acceptors (Lipinski definition) is 7. The number of nitrogens with one attached hydrogen (secondary N) is 1. The maximum atomic E-state index is 11.0. The SMILES string of the molecule is CC(=O)N[C@]1(N=[N+]=[N-])C(O)O[C@H](CO)[C@H](O)[C@@H]1O. The molecule has 1 aliphatic heterocycles. The van der Waals surface area contributed by atoms with Gasteiger partial charge in [0.25, 0.3) is 0 Å². The molecule has 10 nitrogen and oxygen atoms in total. The predicted molar refractivity (Wildman–Crippen MR) is 55.7 cm³/mol. The Hall–Kier alpha value is -1.42. The fourth-order valence-electron chi connectivity index (χ4n) is 1.74. The summed E-state index contributed by atoms with van der Waals surface area (Å²) in [5.74, 6) is -0.709. The van der Waals surface area contributed by atoms with E-state index >= 15 is 0 Å². The van der Waals surface area contributed by atoms with Crippen LogP contribution in [0.4, 0.5) is 0 Å². The highest BCUT2D eigenvalue weighted by atomic mass is 16.6. The van der Waals surface area contributed by atoms with Crippen molar-refractivity contribution in [1.82, 2.24) is 5.32 Å². The van der Waals surface area contributed by atoms with Crippen molar-refractivity contribution in [2.75, 3.05) is 6.61 Å². The Morgan fingerprint density at radius 3 is 2.61 bits per heavy atom. The van der Waals surface area contributed by atoms with Gasteiger partial charge in [0, 0.05) is 11.8 Å². The van der Waals surface area contributed by atoms with Crippen LogP contribution in [0.2, 0.25) is 0 Å². The van der Waals surface area contributed by atoms with Crippen molar-refractivity contribution < 1.29 is 30.0 Å². The number of aliphatic hydroxyl groups excluding tert-OH is 4. The van der Waals surface area contributed by atoms with Gasteiger partial charge in [0.2, 0.25) is 5.91 Å². The lowest BCUT2D eigenvalue weighted by Gasteiger charge is -2.46. The molecular formula is C8H14N4O6. The highest BCUT2D eigenvalue weighted by Gasteiger charge is 2.55. The van der Waals surface area contributed by atoms with Crippen LogP contribution in [-0.4, -0.2) is 63.2 Å². The Morgan fingerprint density at radius 1 is 1.56 bits per heavy atom. The van der Waals surface area contributed by atoms with Gasteiger partial charge in [-0.15, -0.1) is 0 Å². The molecule has 0 aromatic carbocycles. The number of carbonyl (C=O) groups is 1. The van der Waals surface area contributed by atoms with Gasteiger partial charge in [-0.05, 0) is 5.53 Å². The molecule has 1 amide bonds. The second-order valence-corrected chi connectivity index (χ2v) is 3.84. The van der Waals surface area contributed by atoms with E-state index in [4.69, 9.17) is 15.4 Å². The molecule has 0 radical (unpaired) electrons. The molecular weight excluding hydrogens is 248 g/mol. The lowest BCUT2D eigenvalue weighted by molar-refractivity contribution is -0.282. The van der Waals surface area contributed by atoms with Gasteiger partial charge in [-0.2, -0.15) is 0 Å². The van der Waals surface area contributed by atoms with E-state index in [-0.39, 0.29) is 0 Å². The van der Waals surface area contributed by atoms with Crippen molar-refractivity contribution in [3.8, 4) is 0 Å². The summed E-state index contributed by atoms with van der Waals surface area (Å²) in [5.41, 5.74) is 6.20. The second kappa shape index (κ2) is 5.48. The summed E-state index contributed by atoms with van der Waals surface area (Å²) in [7, 11) is 0. The van der Waals surface area contributed by atoms with E-state index in [1.807, 2.05) is 5.32 Å². The third-order valence-electron chi connectivity index (χ3n) is 2.60. The van der Waals surface area contributed by atoms with E-state index in [2.05, 4.69) is 10.0 Å². The summed E-state index contributed by atoms with van der Waals surface area (Å²) in [4.78, 5) is 13.4. The van der Waals surface area contributed by atoms with Crippen LogP contribution < -0.4 is 5.32 Å². The fourth-order valence-corrected chi connectivity index (χ4v) is 1.74. The Labute approximate surface area is 101 Å². The largest absolute Gasteiger partial charge is 0.394 e. The fraction of sp³-hybridized carbons (Fsp3) is 0.875. The van der Waals surface area contributed by atoms with E-state index < -0.39 is 42.8 Å². The molecule has 1 aliphatic rings. The topological polar surface area (TPSA) is 168 Å². The number of ether oxygens (including phenoxy) is 1. The number of amides is 1. The van der Waals surface area contributed by atoms with Crippen LogP contribution in [0.25, 0.3) is 10.4 Å². The zero-order valence-electron chi connectivity index (χ0n) is 9.46. The predicted octanol–water partition coefficient (Wildman–Crippen LogP) is -2.44. The van der Waals surface area contributed by atoms with E-state index in [9.17, 15) is 20.1 Å². The van der Waals surface area contributed by atoms with E-state index in [1.54, 1.807) is 0 Å². The smallest absolute Gasteiger partial charge is 0.217 e. The molecule has 0 aliphatic carbocycles. The van der Waals surface area contributed by atoms with Gasteiger partial charge in [0.15, 0.2) is 12.0 Å². The first-order chi connectivity index (χ1) is 8.39. The molecule has 0 aromatic heterocycles. The summed E-state index contributed by atoms with van der Waals surface area (Å²) in [6, 6.07) is 0. The van der Waals surface area contributed by atoms with Crippen LogP contribution in [0.3, 0.4) is 0 Å². The molecule has 18 heavy (non-hydrogen) atoms. The number of nitrogens with zero attached hydrogens (tertiary/aromatic N) is 3. The van der Waals surface area contributed by atoms with Crippen molar-refractivity contribution in [2.45, 2.75) is 37.2 Å². The summed E-state index contributed by atoms with van der Waals surface area (Å²) in [6.45, 7) is 0.403. The molecule has 1 rings (SSSR count). The lowest BCUT2D eigenvalue weighted by Crippen LogP contribution is -2.72. The zero-order chi connectivity index (χ0) is 13.9. The Kier molecular flexibility index (Phi) is 4.46. The van der Waals surface area contributed by atoms with Crippen molar-refractivity contribution >= 4 is 5.91 Å². The zero-order valence-corrected chi connectivity index (χ0v) is 9.46. The van der Waals surface area contributed by atoms with E-state index in [0.29, 0.717) is 0 Å². The maximum Gasteiger partial charge on any atom is 0.217 e. The van der Waals surface area contributed by atoms with Crippen LogP contribution in [0, 0.1) is 0 Å². The Balaban J connectivity index is 3.15. The van der Waals surface area contributed by atoms with Crippen LogP contribution in [0.5, 0.6) is 0 Å². The summed E-state index contributed by atoms with van der Waals surface area (Å²) >= 11 is 0. The Morgan fingerprint density at radius 2 is 2.17 bits per heavy atom. The van der Waals surface area contributed by atoms with Gasteiger partial charge in [-0.1, -0.05) is 5.11 Å². The van der Waals surface area contributed by atoms with Gasteiger partial charge in [0.1, 0.15) is 18.3 Å².